The third-order valence-corrected chi connectivity index (χ3v) is 5.13. The van der Waals surface area contributed by atoms with Crippen molar-refractivity contribution in [1.29, 1.82) is 0 Å². The van der Waals surface area contributed by atoms with Gasteiger partial charge >= 0.3 is 0 Å². The summed E-state index contributed by atoms with van der Waals surface area (Å²) >= 11 is 0. The lowest BCUT2D eigenvalue weighted by atomic mass is 10.0. The minimum Gasteiger partial charge on any atom is -0.296 e. The fourth-order valence-electron chi connectivity index (χ4n) is 3.46. The van der Waals surface area contributed by atoms with Crippen molar-refractivity contribution in [2.24, 2.45) is 15.0 Å². The quantitative estimate of drug-likeness (QED) is 0.441. The van der Waals surface area contributed by atoms with Crippen LogP contribution in [-0.4, -0.2) is 36.0 Å². The Morgan fingerprint density at radius 1 is 0.964 bits per heavy atom. The first-order chi connectivity index (χ1) is 13.7. The lowest BCUT2D eigenvalue weighted by Gasteiger charge is -2.17. The standard InChI is InChI=1S/C21H35N5O2/c1-2-3-4-5-6-7-8-9-10-11-12-13-14-15-17(27)24-21-25-19-18(20(28)26-21)22-16-23-19/h16,18H,2-15H2,1H3,(H2,22,23,24,25,26,27,28). The van der Waals surface area contributed by atoms with E-state index in [-0.39, 0.29) is 17.8 Å². The first-order valence-electron chi connectivity index (χ1n) is 11.0. The van der Waals surface area contributed by atoms with Gasteiger partial charge < -0.3 is 0 Å². The number of nitrogens with zero attached hydrogens (tertiary/aromatic N) is 3. The van der Waals surface area contributed by atoms with E-state index in [9.17, 15) is 9.59 Å². The van der Waals surface area contributed by atoms with E-state index in [1.165, 1.54) is 77.0 Å². The van der Waals surface area contributed by atoms with Crippen molar-refractivity contribution in [3.05, 3.63) is 0 Å². The van der Waals surface area contributed by atoms with E-state index >= 15 is 0 Å². The fourth-order valence-corrected chi connectivity index (χ4v) is 3.46. The molecule has 0 radical (unpaired) electrons. The Balaban J connectivity index is 1.42. The summed E-state index contributed by atoms with van der Waals surface area (Å²) in [6, 6.07) is -0.665. The van der Waals surface area contributed by atoms with Gasteiger partial charge in [-0.05, 0) is 6.42 Å². The van der Waals surface area contributed by atoms with Gasteiger partial charge in [0.05, 0.1) is 0 Å². The number of nitrogens with one attached hydrogen (secondary N) is 2. The minimum atomic E-state index is -0.665. The smallest absolute Gasteiger partial charge is 0.259 e. The molecule has 0 aromatic rings. The molecule has 7 heteroatoms. The van der Waals surface area contributed by atoms with Crippen molar-refractivity contribution in [1.82, 2.24) is 10.6 Å². The van der Waals surface area contributed by atoms with Crippen molar-refractivity contribution < 1.29 is 9.59 Å². The van der Waals surface area contributed by atoms with Gasteiger partial charge in [-0.2, -0.15) is 4.99 Å². The third kappa shape index (κ3) is 8.31. The predicted molar refractivity (Wildman–Crippen MR) is 114 cm³/mol. The first kappa shape index (κ1) is 22.2. The topological polar surface area (TPSA) is 95.3 Å². The number of amidine groups is 1. The summed E-state index contributed by atoms with van der Waals surface area (Å²) < 4.78 is 0. The molecule has 0 saturated carbocycles. The summed E-state index contributed by atoms with van der Waals surface area (Å²) in [5.41, 5.74) is 0. The third-order valence-electron chi connectivity index (χ3n) is 5.13. The Kier molecular flexibility index (Phi) is 10.5. The number of carbonyl (C=O) groups is 2. The summed E-state index contributed by atoms with van der Waals surface area (Å²) in [5.74, 6) is 0.0593. The van der Waals surface area contributed by atoms with E-state index in [0.717, 1.165) is 12.8 Å². The number of unbranched alkanes of at least 4 members (excludes halogenated alkanes) is 12. The number of amides is 2. The molecular formula is C21H35N5O2. The highest BCUT2D eigenvalue weighted by Crippen LogP contribution is 2.13. The molecule has 2 amide bonds. The second kappa shape index (κ2) is 13.2. The second-order valence-electron chi connectivity index (χ2n) is 7.64. The number of rotatable bonds is 14. The average Bonchev–Trinajstić information content (AvgIpc) is 3.14. The fraction of sp³-hybridized carbons (Fsp3) is 0.762. The van der Waals surface area contributed by atoms with Crippen LogP contribution in [0.25, 0.3) is 0 Å². The van der Waals surface area contributed by atoms with Crippen molar-refractivity contribution in [3.63, 3.8) is 0 Å². The summed E-state index contributed by atoms with van der Waals surface area (Å²) in [6.07, 6.45) is 18.4. The number of carbonyl (C=O) groups excluding carboxylic acids is 2. The normalized spacial score (nSPS) is 17.8. The second-order valence-corrected chi connectivity index (χ2v) is 7.64. The van der Waals surface area contributed by atoms with Gasteiger partial charge in [0.15, 0.2) is 11.9 Å². The zero-order valence-electron chi connectivity index (χ0n) is 17.2. The number of fused-ring (bicyclic) bond motifs is 1. The molecule has 2 rings (SSSR count). The molecule has 0 saturated heterocycles. The molecule has 0 aromatic heterocycles. The van der Waals surface area contributed by atoms with E-state index in [1.807, 2.05) is 0 Å². The van der Waals surface area contributed by atoms with Gasteiger partial charge in [0.25, 0.3) is 5.91 Å². The Hall–Kier alpha value is -2.05. The van der Waals surface area contributed by atoms with Gasteiger partial charge in [-0.3, -0.25) is 25.2 Å². The maximum atomic E-state index is 12.0. The molecule has 156 valence electrons. The maximum Gasteiger partial charge on any atom is 0.259 e. The van der Waals surface area contributed by atoms with Crippen molar-refractivity contribution in [2.45, 2.75) is 103 Å². The van der Waals surface area contributed by atoms with Crippen molar-refractivity contribution >= 4 is 29.9 Å². The zero-order chi connectivity index (χ0) is 20.0. The highest BCUT2D eigenvalue weighted by Gasteiger charge is 2.31. The average molecular weight is 390 g/mol. The van der Waals surface area contributed by atoms with Crippen LogP contribution in [0.4, 0.5) is 0 Å². The monoisotopic (exact) mass is 389 g/mol. The number of hydrogen-bond acceptors (Lipinski definition) is 5. The molecule has 1 atom stereocenters. The molecule has 7 nitrogen and oxygen atoms in total. The predicted octanol–water partition coefficient (Wildman–Crippen LogP) is 3.88. The first-order valence-corrected chi connectivity index (χ1v) is 11.0. The van der Waals surface area contributed by atoms with E-state index in [2.05, 4.69) is 32.5 Å². The molecule has 28 heavy (non-hydrogen) atoms. The van der Waals surface area contributed by atoms with Gasteiger partial charge in [0, 0.05) is 6.42 Å². The highest BCUT2D eigenvalue weighted by molar-refractivity contribution is 6.24. The molecule has 1 unspecified atom stereocenters. The summed E-state index contributed by atoms with van der Waals surface area (Å²) in [6.45, 7) is 2.26. The van der Waals surface area contributed by atoms with Gasteiger partial charge in [-0.1, -0.05) is 84.0 Å². The number of guanidine groups is 1. The summed E-state index contributed by atoms with van der Waals surface area (Å²) in [5, 5.41) is 5.20. The maximum absolute atomic E-state index is 12.0. The Morgan fingerprint density at radius 2 is 1.54 bits per heavy atom. The van der Waals surface area contributed by atoms with Gasteiger partial charge in [0.2, 0.25) is 11.9 Å². The van der Waals surface area contributed by atoms with E-state index in [4.69, 9.17) is 0 Å². The highest BCUT2D eigenvalue weighted by atomic mass is 16.2. The molecule has 0 bridgehead atoms. The van der Waals surface area contributed by atoms with Crippen LogP contribution < -0.4 is 10.6 Å². The van der Waals surface area contributed by atoms with Crippen LogP contribution in [0, 0.1) is 0 Å². The van der Waals surface area contributed by atoms with Crippen molar-refractivity contribution in [3.8, 4) is 0 Å². The summed E-state index contributed by atoms with van der Waals surface area (Å²) in [4.78, 5) is 35.8. The minimum absolute atomic E-state index is 0.125. The number of hydrogen-bond donors (Lipinski definition) is 2. The van der Waals surface area contributed by atoms with Gasteiger partial charge in [-0.25, -0.2) is 4.99 Å². The van der Waals surface area contributed by atoms with E-state index < -0.39 is 6.04 Å². The zero-order valence-corrected chi connectivity index (χ0v) is 17.2. The SMILES string of the molecule is CCCCCCCCCCCCCCCC(=O)NC1=NC2=NC=NC2C(=O)N1. The van der Waals surface area contributed by atoms with Crippen LogP contribution in [0.3, 0.4) is 0 Å². The van der Waals surface area contributed by atoms with Crippen LogP contribution in [0.5, 0.6) is 0 Å². The van der Waals surface area contributed by atoms with Crippen LogP contribution >= 0.6 is 0 Å². The molecule has 0 spiro atoms. The molecule has 0 aliphatic carbocycles. The van der Waals surface area contributed by atoms with Gasteiger partial charge in [0.1, 0.15) is 6.34 Å². The van der Waals surface area contributed by atoms with Crippen LogP contribution in [-0.2, 0) is 9.59 Å². The van der Waals surface area contributed by atoms with E-state index in [1.54, 1.807) is 0 Å². The van der Waals surface area contributed by atoms with Crippen LogP contribution in [0.2, 0.25) is 0 Å². The van der Waals surface area contributed by atoms with Gasteiger partial charge in [-0.15, -0.1) is 0 Å². The summed E-state index contributed by atoms with van der Waals surface area (Å²) in [7, 11) is 0. The largest absolute Gasteiger partial charge is 0.296 e. The van der Waals surface area contributed by atoms with Crippen LogP contribution in [0.15, 0.2) is 15.0 Å². The lowest BCUT2D eigenvalue weighted by Crippen LogP contribution is -2.52. The van der Waals surface area contributed by atoms with E-state index in [0.29, 0.717) is 12.3 Å². The molecule has 0 fully saturated rings. The Labute approximate surface area is 168 Å². The Bertz CT molecular complexity index is 598. The molecule has 2 N–H and O–H groups in total. The molecule has 2 aliphatic heterocycles. The van der Waals surface area contributed by atoms with Crippen molar-refractivity contribution in [2.75, 3.05) is 0 Å². The number of aliphatic imine (C=N–C) groups is 3. The Morgan fingerprint density at radius 3 is 2.14 bits per heavy atom. The molecule has 0 aromatic carbocycles. The molecule has 2 aliphatic rings. The molecular weight excluding hydrogens is 354 g/mol. The molecule has 2 heterocycles. The van der Waals surface area contributed by atoms with Crippen LogP contribution in [0.1, 0.15) is 96.8 Å². The lowest BCUT2D eigenvalue weighted by molar-refractivity contribution is -0.120.